The SMILES string of the molecule is CN(C)CCCN(C)C(=O)N1N=C2c3cc(F)ccc3OCC2C1c1ccccc1. The fourth-order valence-electron chi connectivity index (χ4n) is 4.08. The first kappa shape index (κ1) is 20.3. The maximum Gasteiger partial charge on any atom is 0.340 e. The minimum Gasteiger partial charge on any atom is -0.492 e. The number of amides is 2. The number of ether oxygens (including phenoxy) is 1. The number of rotatable bonds is 5. The highest BCUT2D eigenvalue weighted by Crippen LogP contribution is 2.42. The Morgan fingerprint density at radius 1 is 1.17 bits per heavy atom. The van der Waals surface area contributed by atoms with Gasteiger partial charge in [-0.15, -0.1) is 0 Å². The topological polar surface area (TPSA) is 48.4 Å². The van der Waals surface area contributed by atoms with Crippen LogP contribution in [0.2, 0.25) is 0 Å². The average Bonchev–Trinajstić information content (AvgIpc) is 3.13. The first-order valence-electron chi connectivity index (χ1n) is 10.2. The molecular weight excluding hydrogens is 383 g/mol. The molecule has 2 unspecified atom stereocenters. The van der Waals surface area contributed by atoms with Crippen molar-refractivity contribution < 1.29 is 13.9 Å². The van der Waals surface area contributed by atoms with Gasteiger partial charge >= 0.3 is 6.03 Å². The van der Waals surface area contributed by atoms with Gasteiger partial charge in [0.2, 0.25) is 0 Å². The van der Waals surface area contributed by atoms with Crippen LogP contribution in [-0.2, 0) is 0 Å². The second-order valence-electron chi connectivity index (χ2n) is 8.10. The molecule has 2 aromatic carbocycles. The van der Waals surface area contributed by atoms with Gasteiger partial charge in [-0.05, 0) is 50.8 Å². The second-order valence-corrected chi connectivity index (χ2v) is 8.10. The van der Waals surface area contributed by atoms with Gasteiger partial charge in [-0.25, -0.2) is 14.2 Å². The molecule has 2 amide bonds. The van der Waals surface area contributed by atoms with Crippen LogP contribution >= 0.6 is 0 Å². The molecule has 2 aliphatic rings. The molecule has 2 heterocycles. The van der Waals surface area contributed by atoms with E-state index in [2.05, 4.69) is 4.90 Å². The number of hydrogen-bond acceptors (Lipinski definition) is 4. The molecule has 4 rings (SSSR count). The van der Waals surface area contributed by atoms with Crippen molar-refractivity contribution in [2.24, 2.45) is 11.0 Å². The third-order valence-electron chi connectivity index (χ3n) is 5.61. The molecule has 7 heteroatoms. The van der Waals surface area contributed by atoms with E-state index in [0.717, 1.165) is 18.5 Å². The summed E-state index contributed by atoms with van der Waals surface area (Å²) in [5.74, 6) is 0.107. The Balaban J connectivity index is 1.67. The van der Waals surface area contributed by atoms with E-state index in [0.29, 0.717) is 30.2 Å². The van der Waals surface area contributed by atoms with E-state index in [1.807, 2.05) is 44.4 Å². The van der Waals surface area contributed by atoms with Crippen LogP contribution in [0.1, 0.15) is 23.6 Å². The van der Waals surface area contributed by atoms with Crippen LogP contribution in [-0.4, -0.2) is 67.4 Å². The van der Waals surface area contributed by atoms with E-state index < -0.39 is 0 Å². The number of carbonyl (C=O) groups is 1. The van der Waals surface area contributed by atoms with Gasteiger partial charge in [0.25, 0.3) is 0 Å². The monoisotopic (exact) mass is 410 g/mol. The van der Waals surface area contributed by atoms with Gasteiger partial charge in [-0.3, -0.25) is 0 Å². The summed E-state index contributed by atoms with van der Waals surface area (Å²) in [6.45, 7) is 1.93. The maximum atomic E-state index is 14.0. The fourth-order valence-corrected chi connectivity index (χ4v) is 4.08. The highest BCUT2D eigenvalue weighted by atomic mass is 19.1. The lowest BCUT2D eigenvalue weighted by Gasteiger charge is -2.31. The Morgan fingerprint density at radius 3 is 2.67 bits per heavy atom. The van der Waals surface area contributed by atoms with Gasteiger partial charge in [0.1, 0.15) is 11.6 Å². The Bertz CT molecular complexity index is 947. The van der Waals surface area contributed by atoms with Gasteiger partial charge in [-0.2, -0.15) is 5.10 Å². The lowest BCUT2D eigenvalue weighted by atomic mass is 9.86. The molecular formula is C23H27FN4O2. The summed E-state index contributed by atoms with van der Waals surface area (Å²) in [4.78, 5) is 17.1. The largest absolute Gasteiger partial charge is 0.492 e. The van der Waals surface area contributed by atoms with Gasteiger partial charge in [-0.1, -0.05) is 30.3 Å². The van der Waals surface area contributed by atoms with E-state index >= 15 is 0 Å². The Labute approximate surface area is 176 Å². The predicted octanol–water partition coefficient (Wildman–Crippen LogP) is 3.60. The predicted molar refractivity (Wildman–Crippen MR) is 114 cm³/mol. The summed E-state index contributed by atoms with van der Waals surface area (Å²) < 4.78 is 19.9. The molecule has 0 bridgehead atoms. The molecule has 0 fully saturated rings. The standard InChI is InChI=1S/C23H27FN4O2/c1-26(2)12-7-13-27(3)23(29)28-22(16-8-5-4-6-9-16)19-15-30-20-11-10-17(24)14-18(20)21(19)25-28/h4-6,8-11,14,19,22H,7,12-13,15H2,1-3H3. The van der Waals surface area contributed by atoms with Crippen molar-refractivity contribution in [2.45, 2.75) is 12.5 Å². The normalized spacial score (nSPS) is 19.8. The van der Waals surface area contributed by atoms with Gasteiger partial charge in [0.05, 0.1) is 24.3 Å². The Hall–Kier alpha value is -2.93. The molecule has 2 atom stereocenters. The molecule has 2 aliphatic heterocycles. The van der Waals surface area contributed by atoms with E-state index in [-0.39, 0.29) is 23.8 Å². The molecule has 0 saturated carbocycles. The number of hydrazone groups is 1. The van der Waals surface area contributed by atoms with Crippen LogP contribution in [0.25, 0.3) is 0 Å². The van der Waals surface area contributed by atoms with Crippen molar-refractivity contribution in [2.75, 3.05) is 40.8 Å². The van der Waals surface area contributed by atoms with Crippen LogP contribution in [0.15, 0.2) is 53.6 Å². The molecule has 0 radical (unpaired) electrons. The minimum atomic E-state index is -0.345. The number of carbonyl (C=O) groups excluding carboxylic acids is 1. The zero-order chi connectivity index (χ0) is 21.3. The van der Waals surface area contributed by atoms with Crippen LogP contribution in [0, 0.1) is 11.7 Å². The molecule has 0 spiro atoms. The zero-order valence-corrected chi connectivity index (χ0v) is 17.6. The summed E-state index contributed by atoms with van der Waals surface area (Å²) >= 11 is 0. The highest BCUT2D eigenvalue weighted by Gasteiger charge is 2.45. The molecule has 158 valence electrons. The molecule has 0 N–H and O–H groups in total. The third-order valence-corrected chi connectivity index (χ3v) is 5.61. The minimum absolute atomic E-state index is 0.152. The lowest BCUT2D eigenvalue weighted by molar-refractivity contribution is 0.132. The van der Waals surface area contributed by atoms with Crippen molar-refractivity contribution in [3.8, 4) is 5.75 Å². The second kappa shape index (κ2) is 8.44. The molecule has 0 aliphatic carbocycles. The maximum absolute atomic E-state index is 14.0. The first-order valence-corrected chi connectivity index (χ1v) is 10.2. The summed E-state index contributed by atoms with van der Waals surface area (Å²) in [5.41, 5.74) is 2.32. The van der Waals surface area contributed by atoms with E-state index in [4.69, 9.17) is 9.84 Å². The van der Waals surface area contributed by atoms with Crippen LogP contribution in [0.4, 0.5) is 9.18 Å². The van der Waals surface area contributed by atoms with Gasteiger partial charge in [0.15, 0.2) is 0 Å². The molecule has 2 aromatic rings. The number of halogens is 1. The highest BCUT2D eigenvalue weighted by molar-refractivity contribution is 6.07. The van der Waals surface area contributed by atoms with Gasteiger partial charge in [0, 0.05) is 19.2 Å². The number of fused-ring (bicyclic) bond motifs is 3. The molecule has 6 nitrogen and oxygen atoms in total. The van der Waals surface area contributed by atoms with Crippen molar-refractivity contribution in [1.82, 2.24) is 14.8 Å². The first-order chi connectivity index (χ1) is 14.5. The quantitative estimate of drug-likeness (QED) is 0.757. The Kier molecular flexibility index (Phi) is 5.72. The van der Waals surface area contributed by atoms with Crippen molar-refractivity contribution >= 4 is 11.7 Å². The molecule has 30 heavy (non-hydrogen) atoms. The summed E-state index contributed by atoms with van der Waals surface area (Å²) in [6.07, 6.45) is 0.871. The molecule has 0 saturated heterocycles. The zero-order valence-electron chi connectivity index (χ0n) is 17.6. The average molecular weight is 410 g/mol. The van der Waals surface area contributed by atoms with Crippen molar-refractivity contribution in [3.63, 3.8) is 0 Å². The third kappa shape index (κ3) is 3.89. The van der Waals surface area contributed by atoms with Crippen LogP contribution in [0.5, 0.6) is 5.75 Å². The number of nitrogens with zero attached hydrogens (tertiary/aromatic N) is 4. The van der Waals surface area contributed by atoms with Gasteiger partial charge < -0.3 is 14.5 Å². The lowest BCUT2D eigenvalue weighted by Crippen LogP contribution is -2.41. The van der Waals surface area contributed by atoms with Crippen molar-refractivity contribution in [3.05, 3.63) is 65.5 Å². The summed E-state index contributed by atoms with van der Waals surface area (Å²) in [6, 6.07) is 13.8. The fraction of sp³-hybridized carbons (Fsp3) is 0.391. The van der Waals surface area contributed by atoms with E-state index in [9.17, 15) is 9.18 Å². The number of urea groups is 1. The molecule has 0 aromatic heterocycles. The summed E-state index contributed by atoms with van der Waals surface area (Å²) in [5, 5.41) is 6.27. The number of hydrogen-bond donors (Lipinski definition) is 0. The van der Waals surface area contributed by atoms with Crippen molar-refractivity contribution in [1.29, 1.82) is 0 Å². The van der Waals surface area contributed by atoms with Crippen LogP contribution < -0.4 is 4.74 Å². The summed E-state index contributed by atoms with van der Waals surface area (Å²) in [7, 11) is 5.83. The Morgan fingerprint density at radius 2 is 1.93 bits per heavy atom. The van der Waals surface area contributed by atoms with E-state index in [1.165, 1.54) is 12.1 Å². The number of benzene rings is 2. The van der Waals surface area contributed by atoms with E-state index in [1.54, 1.807) is 23.0 Å². The smallest absolute Gasteiger partial charge is 0.340 e. The van der Waals surface area contributed by atoms with Crippen LogP contribution in [0.3, 0.4) is 0 Å².